The van der Waals surface area contributed by atoms with E-state index < -0.39 is 9.84 Å². The number of para-hydroxylation sites is 1. The summed E-state index contributed by atoms with van der Waals surface area (Å²) in [7, 11) is -2.89. The fraction of sp³-hybridized carbons (Fsp3) is 0.263. The van der Waals surface area contributed by atoms with Crippen molar-refractivity contribution in [3.63, 3.8) is 0 Å². The van der Waals surface area contributed by atoms with Crippen LogP contribution in [0.25, 0.3) is 11.4 Å². The third kappa shape index (κ3) is 4.46. The minimum Gasteiger partial charge on any atom is -0.457 e. The summed E-state index contributed by atoms with van der Waals surface area (Å²) in [5.74, 6) is 2.40. The van der Waals surface area contributed by atoms with Gasteiger partial charge in [0.25, 0.3) is 0 Å². The number of aromatic nitrogens is 2. The topological polar surface area (TPSA) is 94.3 Å². The van der Waals surface area contributed by atoms with Crippen LogP contribution >= 0.6 is 0 Å². The van der Waals surface area contributed by atoms with Crippen molar-refractivity contribution < 1.29 is 17.7 Å². The third-order valence-electron chi connectivity index (χ3n) is 4.37. The molecule has 1 fully saturated rings. The molecule has 0 bridgehead atoms. The maximum atomic E-state index is 11.5. The van der Waals surface area contributed by atoms with Gasteiger partial charge in [-0.15, -0.1) is 0 Å². The maximum absolute atomic E-state index is 11.5. The number of nitrogens with zero attached hydrogens (tertiary/aromatic N) is 2. The zero-order chi connectivity index (χ0) is 18.7. The van der Waals surface area contributed by atoms with Gasteiger partial charge >= 0.3 is 6.01 Å². The molecule has 1 N–H and O–H groups in total. The Morgan fingerprint density at radius 2 is 1.93 bits per heavy atom. The molecule has 27 heavy (non-hydrogen) atoms. The lowest BCUT2D eigenvalue weighted by Gasteiger charge is -2.06. The predicted octanol–water partition coefficient (Wildman–Crippen LogP) is 3.38. The van der Waals surface area contributed by atoms with Gasteiger partial charge in [0.2, 0.25) is 5.82 Å². The Balaban J connectivity index is 1.41. The van der Waals surface area contributed by atoms with Crippen LogP contribution in [-0.4, -0.2) is 36.6 Å². The molecule has 0 radical (unpaired) electrons. The van der Waals surface area contributed by atoms with Gasteiger partial charge in [-0.3, -0.25) is 0 Å². The van der Waals surface area contributed by atoms with E-state index in [-0.39, 0.29) is 23.4 Å². The van der Waals surface area contributed by atoms with Crippen molar-refractivity contribution in [2.45, 2.75) is 6.42 Å². The van der Waals surface area contributed by atoms with Gasteiger partial charge < -0.3 is 14.6 Å². The van der Waals surface area contributed by atoms with Gasteiger partial charge in [0.1, 0.15) is 11.5 Å². The van der Waals surface area contributed by atoms with Crippen molar-refractivity contribution in [2.24, 2.45) is 5.92 Å². The van der Waals surface area contributed by atoms with E-state index in [0.29, 0.717) is 24.5 Å². The lowest BCUT2D eigenvalue weighted by atomic mass is 10.1. The molecule has 2 heterocycles. The SMILES string of the molecule is O=S1(=O)CC[C@H](CNc2nc(-c3cccc(Oc4ccccc4)c3)no2)C1. The first-order valence-electron chi connectivity index (χ1n) is 8.69. The molecule has 7 nitrogen and oxygen atoms in total. The summed E-state index contributed by atoms with van der Waals surface area (Å²) in [6.07, 6.45) is 0.662. The van der Waals surface area contributed by atoms with Gasteiger partial charge in [-0.25, -0.2) is 8.42 Å². The second kappa shape index (κ2) is 7.40. The molecular formula is C19H19N3O4S. The molecule has 2 aromatic carbocycles. The highest BCUT2D eigenvalue weighted by atomic mass is 32.2. The Morgan fingerprint density at radius 3 is 2.70 bits per heavy atom. The molecule has 1 aromatic heterocycles. The van der Waals surface area contributed by atoms with Crippen molar-refractivity contribution in [2.75, 3.05) is 23.4 Å². The lowest BCUT2D eigenvalue weighted by molar-refractivity contribution is 0.429. The van der Waals surface area contributed by atoms with Crippen LogP contribution in [0.4, 0.5) is 6.01 Å². The molecule has 1 aliphatic rings. The fourth-order valence-corrected chi connectivity index (χ4v) is 4.86. The average molecular weight is 385 g/mol. The molecular weight excluding hydrogens is 366 g/mol. The van der Waals surface area contributed by atoms with Crippen molar-refractivity contribution in [3.8, 4) is 22.9 Å². The second-order valence-corrected chi connectivity index (χ2v) is 8.74. The summed E-state index contributed by atoms with van der Waals surface area (Å²) in [5.41, 5.74) is 0.767. The monoisotopic (exact) mass is 385 g/mol. The number of nitrogens with one attached hydrogen (secondary N) is 1. The van der Waals surface area contributed by atoms with Crippen molar-refractivity contribution in [1.29, 1.82) is 0 Å². The fourth-order valence-electron chi connectivity index (χ4n) is 3.00. The van der Waals surface area contributed by atoms with Crippen LogP contribution in [0.3, 0.4) is 0 Å². The molecule has 1 aliphatic heterocycles. The lowest BCUT2D eigenvalue weighted by Crippen LogP contribution is -2.15. The largest absolute Gasteiger partial charge is 0.457 e. The molecule has 0 aliphatic carbocycles. The quantitative estimate of drug-likeness (QED) is 0.695. The van der Waals surface area contributed by atoms with Gasteiger partial charge in [0, 0.05) is 12.1 Å². The highest BCUT2D eigenvalue weighted by molar-refractivity contribution is 7.91. The van der Waals surface area contributed by atoms with Crippen molar-refractivity contribution >= 4 is 15.9 Å². The van der Waals surface area contributed by atoms with Gasteiger partial charge in [0.15, 0.2) is 9.84 Å². The van der Waals surface area contributed by atoms with E-state index in [9.17, 15) is 8.42 Å². The predicted molar refractivity (Wildman–Crippen MR) is 102 cm³/mol. The number of hydrogen-bond donors (Lipinski definition) is 1. The van der Waals surface area contributed by atoms with E-state index >= 15 is 0 Å². The average Bonchev–Trinajstić information content (AvgIpc) is 3.27. The molecule has 0 saturated carbocycles. The number of anilines is 1. The minimum absolute atomic E-state index is 0.0768. The number of rotatable bonds is 6. The standard InChI is InChI=1S/C19H19N3O4S/c23-27(24)10-9-14(13-27)12-20-19-21-18(22-26-19)15-5-4-8-17(11-15)25-16-6-2-1-3-7-16/h1-8,11,14H,9-10,12-13H2,(H,20,21,22)/t14-/m1/s1. The van der Waals surface area contributed by atoms with E-state index in [0.717, 1.165) is 11.3 Å². The van der Waals surface area contributed by atoms with Crippen LogP contribution in [0.5, 0.6) is 11.5 Å². The molecule has 0 amide bonds. The summed E-state index contributed by atoms with van der Waals surface area (Å²) < 4.78 is 34.1. The molecule has 0 unspecified atom stereocenters. The second-order valence-electron chi connectivity index (χ2n) is 6.52. The Morgan fingerprint density at radius 1 is 1.11 bits per heavy atom. The molecule has 1 saturated heterocycles. The van der Waals surface area contributed by atoms with Crippen LogP contribution in [0, 0.1) is 5.92 Å². The van der Waals surface area contributed by atoms with Crippen LogP contribution < -0.4 is 10.1 Å². The summed E-state index contributed by atoms with van der Waals surface area (Å²) in [6.45, 7) is 0.498. The van der Waals surface area contributed by atoms with E-state index in [1.54, 1.807) is 0 Å². The van der Waals surface area contributed by atoms with Crippen LogP contribution in [-0.2, 0) is 9.84 Å². The summed E-state index contributed by atoms with van der Waals surface area (Å²) in [5, 5.41) is 7.02. The number of benzene rings is 2. The number of ether oxygens (including phenoxy) is 1. The Kier molecular flexibility index (Phi) is 4.81. The molecule has 0 spiro atoms. The molecule has 4 rings (SSSR count). The molecule has 8 heteroatoms. The number of hydrogen-bond acceptors (Lipinski definition) is 7. The minimum atomic E-state index is -2.89. The van der Waals surface area contributed by atoms with Gasteiger partial charge in [-0.1, -0.05) is 35.5 Å². The first-order valence-corrected chi connectivity index (χ1v) is 10.5. The summed E-state index contributed by atoms with van der Waals surface area (Å²) >= 11 is 0. The summed E-state index contributed by atoms with van der Waals surface area (Å²) in [4.78, 5) is 4.33. The first kappa shape index (κ1) is 17.5. The van der Waals surface area contributed by atoms with E-state index in [2.05, 4.69) is 15.5 Å². The third-order valence-corrected chi connectivity index (χ3v) is 6.20. The highest BCUT2D eigenvalue weighted by Crippen LogP contribution is 2.26. The Labute approximate surface area is 157 Å². The van der Waals surface area contributed by atoms with Gasteiger partial charge in [-0.05, 0) is 36.6 Å². The van der Waals surface area contributed by atoms with E-state index in [4.69, 9.17) is 9.26 Å². The maximum Gasteiger partial charge on any atom is 0.321 e. The van der Waals surface area contributed by atoms with Gasteiger partial charge in [-0.2, -0.15) is 4.98 Å². The Hall–Kier alpha value is -2.87. The van der Waals surface area contributed by atoms with Crippen molar-refractivity contribution in [3.05, 3.63) is 54.6 Å². The Bertz CT molecular complexity index is 1020. The van der Waals surface area contributed by atoms with E-state index in [1.165, 1.54) is 0 Å². The van der Waals surface area contributed by atoms with Crippen LogP contribution in [0.15, 0.2) is 59.1 Å². The van der Waals surface area contributed by atoms with Crippen LogP contribution in [0.1, 0.15) is 6.42 Å². The summed E-state index contributed by atoms with van der Waals surface area (Å²) in [6, 6.07) is 17.2. The number of sulfone groups is 1. The molecule has 3 aromatic rings. The van der Waals surface area contributed by atoms with Crippen LogP contribution in [0.2, 0.25) is 0 Å². The zero-order valence-corrected chi connectivity index (χ0v) is 15.4. The molecule has 140 valence electrons. The normalized spacial score (nSPS) is 18.3. The van der Waals surface area contributed by atoms with E-state index in [1.807, 2.05) is 54.6 Å². The zero-order valence-electron chi connectivity index (χ0n) is 14.5. The van der Waals surface area contributed by atoms with Crippen molar-refractivity contribution in [1.82, 2.24) is 10.1 Å². The first-order chi connectivity index (χ1) is 13.1. The van der Waals surface area contributed by atoms with Gasteiger partial charge in [0.05, 0.1) is 11.5 Å². The highest BCUT2D eigenvalue weighted by Gasteiger charge is 2.27. The molecule has 1 atom stereocenters. The smallest absolute Gasteiger partial charge is 0.321 e.